The number of para-hydroxylation sites is 1. The van der Waals surface area contributed by atoms with E-state index in [4.69, 9.17) is 14.2 Å². The van der Waals surface area contributed by atoms with Gasteiger partial charge in [-0.25, -0.2) is 0 Å². The third-order valence-electron chi connectivity index (χ3n) is 6.14. The predicted octanol–water partition coefficient (Wildman–Crippen LogP) is 2.81. The zero-order chi connectivity index (χ0) is 24.7. The molecule has 34 heavy (non-hydrogen) atoms. The molecule has 1 saturated heterocycles. The average Bonchev–Trinajstić information content (AvgIpc) is 2.86. The van der Waals surface area contributed by atoms with Crippen LogP contribution in [0.15, 0.2) is 42.5 Å². The van der Waals surface area contributed by atoms with Gasteiger partial charge in [-0.15, -0.1) is 0 Å². The topological polar surface area (TPSA) is 80.3 Å². The van der Waals surface area contributed by atoms with E-state index in [1.54, 1.807) is 38.5 Å². The van der Waals surface area contributed by atoms with Crippen LogP contribution in [0.1, 0.15) is 29.8 Å². The Bertz CT molecular complexity index is 986. The van der Waals surface area contributed by atoms with Crippen molar-refractivity contribution in [3.63, 3.8) is 0 Å². The second-order valence-electron chi connectivity index (χ2n) is 8.67. The van der Waals surface area contributed by atoms with Crippen LogP contribution in [0, 0.1) is 5.92 Å². The average molecular weight is 470 g/mol. The first-order valence-corrected chi connectivity index (χ1v) is 11.5. The van der Waals surface area contributed by atoms with Crippen molar-refractivity contribution in [1.82, 2.24) is 15.1 Å². The van der Waals surface area contributed by atoms with E-state index in [-0.39, 0.29) is 17.7 Å². The maximum atomic E-state index is 13.3. The standard InChI is InChI=1S/C26H35N3O5/c1-18(2)24(27-25(30)21-8-6-7-9-23(21)34-5)26(31)29-14-12-28(13-15-29)17-19-16-20(32-3)10-11-22(19)33-4/h6-11,16,18,24H,12-15,17H2,1-5H3,(H,27,30). The highest BCUT2D eigenvalue weighted by atomic mass is 16.5. The number of ether oxygens (including phenoxy) is 3. The number of benzene rings is 2. The summed E-state index contributed by atoms with van der Waals surface area (Å²) in [6, 6.07) is 12.2. The molecule has 2 amide bonds. The molecule has 1 aliphatic rings. The Kier molecular flexibility index (Phi) is 8.76. The molecule has 0 aliphatic carbocycles. The third-order valence-corrected chi connectivity index (χ3v) is 6.14. The molecule has 0 saturated carbocycles. The van der Waals surface area contributed by atoms with Gasteiger partial charge in [-0.05, 0) is 36.2 Å². The summed E-state index contributed by atoms with van der Waals surface area (Å²) < 4.78 is 16.1. The van der Waals surface area contributed by atoms with E-state index in [2.05, 4.69) is 10.2 Å². The summed E-state index contributed by atoms with van der Waals surface area (Å²) in [5, 5.41) is 2.93. The summed E-state index contributed by atoms with van der Waals surface area (Å²) in [6.45, 7) is 7.25. The monoisotopic (exact) mass is 469 g/mol. The number of methoxy groups -OCH3 is 3. The molecule has 1 aliphatic heterocycles. The Morgan fingerprint density at radius 3 is 2.21 bits per heavy atom. The highest BCUT2D eigenvalue weighted by Gasteiger charge is 2.31. The third kappa shape index (κ3) is 5.99. The maximum absolute atomic E-state index is 13.3. The van der Waals surface area contributed by atoms with Crippen molar-refractivity contribution in [2.45, 2.75) is 26.4 Å². The fraction of sp³-hybridized carbons (Fsp3) is 0.462. The van der Waals surface area contributed by atoms with Gasteiger partial charge in [0.2, 0.25) is 5.91 Å². The number of nitrogens with zero attached hydrogens (tertiary/aromatic N) is 2. The predicted molar refractivity (Wildman–Crippen MR) is 130 cm³/mol. The molecule has 1 unspecified atom stereocenters. The second-order valence-corrected chi connectivity index (χ2v) is 8.67. The maximum Gasteiger partial charge on any atom is 0.255 e. The number of nitrogens with one attached hydrogen (secondary N) is 1. The zero-order valence-corrected chi connectivity index (χ0v) is 20.7. The van der Waals surface area contributed by atoms with Crippen molar-refractivity contribution in [3.8, 4) is 17.2 Å². The molecule has 0 bridgehead atoms. The molecule has 2 aromatic carbocycles. The molecule has 184 valence electrons. The molecule has 0 spiro atoms. The van der Waals surface area contributed by atoms with Crippen LogP contribution in [0.2, 0.25) is 0 Å². The number of carbonyl (C=O) groups excluding carboxylic acids is 2. The quantitative estimate of drug-likeness (QED) is 0.608. The van der Waals surface area contributed by atoms with Gasteiger partial charge in [-0.1, -0.05) is 26.0 Å². The number of amides is 2. The molecule has 1 N–H and O–H groups in total. The van der Waals surface area contributed by atoms with Crippen molar-refractivity contribution < 1.29 is 23.8 Å². The molecular formula is C26H35N3O5. The van der Waals surface area contributed by atoms with E-state index in [9.17, 15) is 9.59 Å². The van der Waals surface area contributed by atoms with Crippen molar-refractivity contribution >= 4 is 11.8 Å². The minimum Gasteiger partial charge on any atom is -0.497 e. The summed E-state index contributed by atoms with van der Waals surface area (Å²) in [5.74, 6) is 1.67. The van der Waals surface area contributed by atoms with Crippen LogP contribution >= 0.6 is 0 Å². The molecule has 1 fully saturated rings. The van der Waals surface area contributed by atoms with Gasteiger partial charge in [0, 0.05) is 38.3 Å². The van der Waals surface area contributed by atoms with Gasteiger partial charge < -0.3 is 24.4 Å². The van der Waals surface area contributed by atoms with Crippen LogP contribution in [0.3, 0.4) is 0 Å². The van der Waals surface area contributed by atoms with Crippen molar-refractivity contribution in [1.29, 1.82) is 0 Å². The zero-order valence-electron chi connectivity index (χ0n) is 20.7. The van der Waals surface area contributed by atoms with E-state index >= 15 is 0 Å². The molecule has 3 rings (SSSR count). The van der Waals surface area contributed by atoms with Crippen LogP contribution in [0.5, 0.6) is 17.2 Å². The van der Waals surface area contributed by atoms with Crippen molar-refractivity contribution in [3.05, 3.63) is 53.6 Å². The van der Waals surface area contributed by atoms with Gasteiger partial charge >= 0.3 is 0 Å². The number of rotatable bonds is 9. The van der Waals surface area contributed by atoms with Gasteiger partial charge in [0.1, 0.15) is 23.3 Å². The summed E-state index contributed by atoms with van der Waals surface area (Å²) in [5.41, 5.74) is 1.46. The normalized spacial score (nSPS) is 15.1. The molecule has 0 radical (unpaired) electrons. The van der Waals surface area contributed by atoms with E-state index in [1.807, 2.05) is 36.9 Å². The lowest BCUT2D eigenvalue weighted by Crippen LogP contribution is -2.56. The fourth-order valence-corrected chi connectivity index (χ4v) is 4.13. The van der Waals surface area contributed by atoms with E-state index in [0.29, 0.717) is 30.9 Å². The summed E-state index contributed by atoms with van der Waals surface area (Å²) in [4.78, 5) is 30.4. The lowest BCUT2D eigenvalue weighted by molar-refractivity contribution is -0.136. The molecule has 1 atom stereocenters. The Morgan fingerprint density at radius 1 is 0.912 bits per heavy atom. The Labute approximate surface area is 201 Å². The Morgan fingerprint density at radius 2 is 1.59 bits per heavy atom. The first-order valence-electron chi connectivity index (χ1n) is 11.5. The second kappa shape index (κ2) is 11.7. The number of hydrogen-bond acceptors (Lipinski definition) is 6. The molecular weight excluding hydrogens is 434 g/mol. The van der Waals surface area contributed by atoms with E-state index in [1.165, 1.54) is 7.11 Å². The van der Waals surface area contributed by atoms with Crippen molar-refractivity contribution in [2.75, 3.05) is 47.5 Å². The lowest BCUT2D eigenvalue weighted by atomic mass is 10.0. The summed E-state index contributed by atoms with van der Waals surface area (Å²) in [7, 11) is 4.83. The van der Waals surface area contributed by atoms with Crippen LogP contribution in [-0.4, -0.2) is 75.2 Å². The first kappa shape index (κ1) is 25.4. The smallest absolute Gasteiger partial charge is 0.255 e. The van der Waals surface area contributed by atoms with Gasteiger partial charge in [0.05, 0.1) is 26.9 Å². The van der Waals surface area contributed by atoms with Gasteiger partial charge in [0.15, 0.2) is 0 Å². The number of carbonyl (C=O) groups is 2. The lowest BCUT2D eigenvalue weighted by Gasteiger charge is -2.37. The minimum absolute atomic E-state index is 0.0507. The van der Waals surface area contributed by atoms with E-state index in [0.717, 1.165) is 30.2 Å². The molecule has 0 aromatic heterocycles. The van der Waals surface area contributed by atoms with Crippen LogP contribution in [0.4, 0.5) is 0 Å². The largest absolute Gasteiger partial charge is 0.497 e. The van der Waals surface area contributed by atoms with Crippen LogP contribution in [0.25, 0.3) is 0 Å². The summed E-state index contributed by atoms with van der Waals surface area (Å²) in [6.07, 6.45) is 0. The van der Waals surface area contributed by atoms with Crippen molar-refractivity contribution in [2.24, 2.45) is 5.92 Å². The fourth-order valence-electron chi connectivity index (χ4n) is 4.13. The first-order chi connectivity index (χ1) is 16.4. The minimum atomic E-state index is -0.609. The van der Waals surface area contributed by atoms with Gasteiger partial charge in [0.25, 0.3) is 5.91 Å². The molecule has 1 heterocycles. The SMILES string of the molecule is COc1ccc(OC)c(CN2CCN(C(=O)C(NC(=O)c3ccccc3OC)C(C)C)CC2)c1. The Hall–Kier alpha value is -3.26. The van der Waals surface area contributed by atoms with Gasteiger partial charge in [-0.2, -0.15) is 0 Å². The van der Waals surface area contributed by atoms with Crippen LogP contribution in [-0.2, 0) is 11.3 Å². The molecule has 8 heteroatoms. The molecule has 8 nitrogen and oxygen atoms in total. The van der Waals surface area contributed by atoms with Gasteiger partial charge in [-0.3, -0.25) is 14.5 Å². The van der Waals surface area contributed by atoms with E-state index < -0.39 is 6.04 Å². The highest BCUT2D eigenvalue weighted by molar-refractivity contribution is 5.99. The number of piperazine rings is 1. The summed E-state index contributed by atoms with van der Waals surface area (Å²) >= 11 is 0. The number of hydrogen-bond donors (Lipinski definition) is 1. The highest BCUT2D eigenvalue weighted by Crippen LogP contribution is 2.26. The van der Waals surface area contributed by atoms with Crippen LogP contribution < -0.4 is 19.5 Å². The molecule has 2 aromatic rings. The Balaban J connectivity index is 1.62.